The van der Waals surface area contributed by atoms with Crippen molar-refractivity contribution in [2.24, 2.45) is 0 Å². The molecule has 1 aliphatic rings. The highest BCUT2D eigenvalue weighted by Crippen LogP contribution is 2.30. The maximum absolute atomic E-state index is 12.0. The summed E-state index contributed by atoms with van der Waals surface area (Å²) in [5.74, 6) is 0.476. The molecule has 0 saturated heterocycles. The molecular formula is C16H24N2O. The van der Waals surface area contributed by atoms with E-state index in [0.29, 0.717) is 5.92 Å². The van der Waals surface area contributed by atoms with Crippen LogP contribution in [-0.2, 0) is 6.42 Å². The standard InChI is InChI=1S/C16H24N2O/c1-3-18(4-2)16(19)17-12-14-10-7-9-13-8-5-6-11-15(13)14/h5-6,8,11,14H,3-4,7,9-10,12H2,1-2H3,(H,17,19). The van der Waals surface area contributed by atoms with E-state index >= 15 is 0 Å². The number of amides is 2. The first-order valence-corrected chi connectivity index (χ1v) is 7.36. The fourth-order valence-electron chi connectivity index (χ4n) is 2.90. The second kappa shape index (κ2) is 6.60. The van der Waals surface area contributed by atoms with Crippen molar-refractivity contribution in [2.75, 3.05) is 19.6 Å². The summed E-state index contributed by atoms with van der Waals surface area (Å²) in [4.78, 5) is 13.8. The largest absolute Gasteiger partial charge is 0.337 e. The Morgan fingerprint density at radius 1 is 1.32 bits per heavy atom. The molecule has 0 aliphatic heterocycles. The molecule has 1 unspecified atom stereocenters. The van der Waals surface area contributed by atoms with Gasteiger partial charge in [-0.3, -0.25) is 0 Å². The molecule has 0 bridgehead atoms. The first kappa shape index (κ1) is 13.9. The molecule has 1 aliphatic carbocycles. The topological polar surface area (TPSA) is 32.3 Å². The summed E-state index contributed by atoms with van der Waals surface area (Å²) in [7, 11) is 0. The predicted octanol–water partition coefficient (Wildman–Crippen LogP) is 3.16. The maximum atomic E-state index is 12.0. The quantitative estimate of drug-likeness (QED) is 0.886. The summed E-state index contributed by atoms with van der Waals surface area (Å²) in [5, 5.41) is 3.08. The third kappa shape index (κ3) is 3.28. The molecule has 2 rings (SSSR count). The van der Waals surface area contributed by atoms with Gasteiger partial charge in [-0.15, -0.1) is 0 Å². The summed E-state index contributed by atoms with van der Waals surface area (Å²) in [6.45, 7) is 6.32. The van der Waals surface area contributed by atoms with Crippen molar-refractivity contribution in [1.29, 1.82) is 0 Å². The maximum Gasteiger partial charge on any atom is 0.317 e. The van der Waals surface area contributed by atoms with E-state index in [9.17, 15) is 4.79 Å². The van der Waals surface area contributed by atoms with Gasteiger partial charge in [0, 0.05) is 25.6 Å². The third-order valence-corrected chi connectivity index (χ3v) is 4.04. The second-order valence-corrected chi connectivity index (χ2v) is 5.15. The van der Waals surface area contributed by atoms with Crippen LogP contribution in [0.25, 0.3) is 0 Å². The van der Waals surface area contributed by atoms with Gasteiger partial charge in [-0.2, -0.15) is 0 Å². The molecule has 3 heteroatoms. The number of carbonyl (C=O) groups excluding carboxylic acids is 1. The van der Waals surface area contributed by atoms with Crippen LogP contribution in [0.2, 0.25) is 0 Å². The van der Waals surface area contributed by atoms with Crippen molar-refractivity contribution in [1.82, 2.24) is 10.2 Å². The van der Waals surface area contributed by atoms with Gasteiger partial charge in [0.25, 0.3) is 0 Å². The molecule has 0 saturated carbocycles. The zero-order chi connectivity index (χ0) is 13.7. The fourth-order valence-corrected chi connectivity index (χ4v) is 2.90. The Morgan fingerprint density at radius 3 is 2.79 bits per heavy atom. The Balaban J connectivity index is 1.96. The zero-order valence-electron chi connectivity index (χ0n) is 12.0. The lowest BCUT2D eigenvalue weighted by Gasteiger charge is -2.27. The van der Waals surface area contributed by atoms with Crippen molar-refractivity contribution in [3.05, 3.63) is 35.4 Å². The lowest BCUT2D eigenvalue weighted by atomic mass is 9.83. The first-order valence-electron chi connectivity index (χ1n) is 7.36. The van der Waals surface area contributed by atoms with Crippen LogP contribution >= 0.6 is 0 Å². The number of hydrogen-bond acceptors (Lipinski definition) is 1. The molecule has 19 heavy (non-hydrogen) atoms. The van der Waals surface area contributed by atoms with E-state index in [0.717, 1.165) is 19.6 Å². The van der Waals surface area contributed by atoms with Crippen LogP contribution in [-0.4, -0.2) is 30.6 Å². The van der Waals surface area contributed by atoms with Crippen molar-refractivity contribution < 1.29 is 4.79 Å². The molecule has 0 aromatic heterocycles. The number of benzene rings is 1. The minimum Gasteiger partial charge on any atom is -0.337 e. The molecule has 1 N–H and O–H groups in total. The number of aryl methyl sites for hydroxylation is 1. The fraction of sp³-hybridized carbons (Fsp3) is 0.562. The highest BCUT2D eigenvalue weighted by Gasteiger charge is 2.20. The van der Waals surface area contributed by atoms with E-state index in [4.69, 9.17) is 0 Å². The highest BCUT2D eigenvalue weighted by atomic mass is 16.2. The SMILES string of the molecule is CCN(CC)C(=O)NCC1CCCc2ccccc21. The van der Waals surface area contributed by atoms with Gasteiger partial charge in [0.05, 0.1) is 0 Å². The molecule has 1 aromatic rings. The molecule has 0 radical (unpaired) electrons. The number of nitrogens with one attached hydrogen (secondary N) is 1. The van der Waals surface area contributed by atoms with Gasteiger partial charge < -0.3 is 10.2 Å². The lowest BCUT2D eigenvalue weighted by Crippen LogP contribution is -2.41. The van der Waals surface area contributed by atoms with Crippen LogP contribution in [0.5, 0.6) is 0 Å². The Kier molecular flexibility index (Phi) is 4.83. The number of rotatable bonds is 4. The van der Waals surface area contributed by atoms with Gasteiger partial charge in [-0.1, -0.05) is 24.3 Å². The van der Waals surface area contributed by atoms with E-state index in [-0.39, 0.29) is 6.03 Å². The number of urea groups is 1. The molecule has 0 heterocycles. The average Bonchev–Trinajstić information content (AvgIpc) is 2.46. The van der Waals surface area contributed by atoms with E-state index in [1.165, 1.54) is 30.4 Å². The Morgan fingerprint density at radius 2 is 2.05 bits per heavy atom. The van der Waals surface area contributed by atoms with Crippen LogP contribution in [0.3, 0.4) is 0 Å². The molecule has 0 fully saturated rings. The highest BCUT2D eigenvalue weighted by molar-refractivity contribution is 5.74. The molecule has 0 spiro atoms. The zero-order valence-corrected chi connectivity index (χ0v) is 12.0. The number of fused-ring (bicyclic) bond motifs is 1. The predicted molar refractivity (Wildman–Crippen MR) is 78.4 cm³/mol. The van der Waals surface area contributed by atoms with E-state index in [2.05, 4.69) is 29.6 Å². The van der Waals surface area contributed by atoms with Gasteiger partial charge in [0.1, 0.15) is 0 Å². The van der Waals surface area contributed by atoms with Gasteiger partial charge in [0.15, 0.2) is 0 Å². The van der Waals surface area contributed by atoms with Crippen molar-refractivity contribution in [3.63, 3.8) is 0 Å². The summed E-state index contributed by atoms with van der Waals surface area (Å²) in [6, 6.07) is 8.70. The third-order valence-electron chi connectivity index (χ3n) is 4.04. The monoisotopic (exact) mass is 260 g/mol. The Hall–Kier alpha value is -1.51. The van der Waals surface area contributed by atoms with E-state index in [1.54, 1.807) is 0 Å². The summed E-state index contributed by atoms with van der Waals surface area (Å²) in [5.41, 5.74) is 2.88. The molecule has 2 amide bonds. The van der Waals surface area contributed by atoms with Gasteiger partial charge >= 0.3 is 6.03 Å². The smallest absolute Gasteiger partial charge is 0.317 e. The minimum atomic E-state index is 0.0630. The molecular weight excluding hydrogens is 236 g/mol. The minimum absolute atomic E-state index is 0.0630. The van der Waals surface area contributed by atoms with Gasteiger partial charge in [-0.25, -0.2) is 4.79 Å². The summed E-state index contributed by atoms with van der Waals surface area (Å²) >= 11 is 0. The molecule has 1 atom stereocenters. The van der Waals surface area contributed by atoms with Crippen molar-refractivity contribution in [2.45, 2.75) is 39.0 Å². The van der Waals surface area contributed by atoms with Crippen LogP contribution < -0.4 is 5.32 Å². The number of carbonyl (C=O) groups is 1. The van der Waals surface area contributed by atoms with Gasteiger partial charge in [0.2, 0.25) is 0 Å². The normalized spacial score (nSPS) is 17.7. The summed E-state index contributed by atoms with van der Waals surface area (Å²) < 4.78 is 0. The van der Waals surface area contributed by atoms with E-state index in [1.807, 2.05) is 18.7 Å². The second-order valence-electron chi connectivity index (χ2n) is 5.15. The molecule has 3 nitrogen and oxygen atoms in total. The van der Waals surface area contributed by atoms with Crippen LogP contribution in [0.4, 0.5) is 4.79 Å². The van der Waals surface area contributed by atoms with Crippen LogP contribution in [0.1, 0.15) is 43.7 Å². The van der Waals surface area contributed by atoms with Crippen LogP contribution in [0, 0.1) is 0 Å². The van der Waals surface area contributed by atoms with Crippen molar-refractivity contribution in [3.8, 4) is 0 Å². The molecule has 104 valence electrons. The Labute approximate surface area is 116 Å². The molecule has 1 aromatic carbocycles. The van der Waals surface area contributed by atoms with E-state index < -0.39 is 0 Å². The van der Waals surface area contributed by atoms with Crippen LogP contribution in [0.15, 0.2) is 24.3 Å². The average molecular weight is 260 g/mol. The van der Waals surface area contributed by atoms with Gasteiger partial charge in [-0.05, 0) is 44.2 Å². The number of nitrogens with zero attached hydrogens (tertiary/aromatic N) is 1. The number of hydrogen-bond donors (Lipinski definition) is 1. The Bertz CT molecular complexity index is 427. The summed E-state index contributed by atoms with van der Waals surface area (Å²) in [6.07, 6.45) is 3.58. The first-order chi connectivity index (χ1) is 9.26. The van der Waals surface area contributed by atoms with Crippen molar-refractivity contribution >= 4 is 6.03 Å². The lowest BCUT2D eigenvalue weighted by molar-refractivity contribution is 0.202.